The van der Waals surface area contributed by atoms with E-state index in [1.165, 1.54) is 29.4 Å². The van der Waals surface area contributed by atoms with Gasteiger partial charge >= 0.3 is 5.97 Å². The topological polar surface area (TPSA) is 54.0 Å². The lowest BCUT2D eigenvalue weighted by Gasteiger charge is -2.45. The van der Waals surface area contributed by atoms with E-state index in [9.17, 15) is 4.79 Å². The first kappa shape index (κ1) is 31.8. The van der Waals surface area contributed by atoms with Gasteiger partial charge in [0.25, 0.3) is 0 Å². The predicted molar refractivity (Wildman–Crippen MR) is 177 cm³/mol. The van der Waals surface area contributed by atoms with Crippen LogP contribution in [0.3, 0.4) is 0 Å². The molecule has 0 radical (unpaired) electrons. The highest BCUT2D eigenvalue weighted by atomic mass is 32.2. The van der Waals surface area contributed by atoms with E-state index in [2.05, 4.69) is 91.4 Å². The number of hydrogen-bond acceptors (Lipinski definition) is 6. The van der Waals surface area contributed by atoms with Gasteiger partial charge in [0.1, 0.15) is 11.9 Å². The fraction of sp³-hybridized carbons (Fsp3) is 0.342. The van der Waals surface area contributed by atoms with E-state index in [-0.39, 0.29) is 24.1 Å². The summed E-state index contributed by atoms with van der Waals surface area (Å²) in [4.78, 5) is 11.4. The molecule has 1 saturated heterocycles. The maximum Gasteiger partial charge on any atom is 0.343 e. The van der Waals surface area contributed by atoms with Crippen LogP contribution in [0.4, 0.5) is 0 Å². The molecule has 6 heteroatoms. The van der Waals surface area contributed by atoms with Gasteiger partial charge < -0.3 is 18.9 Å². The summed E-state index contributed by atoms with van der Waals surface area (Å²) in [7, 11) is 1.35. The van der Waals surface area contributed by atoms with E-state index in [0.717, 1.165) is 18.4 Å². The number of benzene rings is 4. The fourth-order valence-electron chi connectivity index (χ4n) is 5.79. The van der Waals surface area contributed by atoms with Crippen LogP contribution in [0.2, 0.25) is 0 Å². The Bertz CT molecular complexity index is 1440. The fourth-order valence-corrected chi connectivity index (χ4v) is 7.46. The van der Waals surface area contributed by atoms with E-state index >= 15 is 0 Å². The van der Waals surface area contributed by atoms with Crippen LogP contribution in [0.5, 0.6) is 5.75 Å². The third-order valence-corrected chi connectivity index (χ3v) is 10.2. The summed E-state index contributed by atoms with van der Waals surface area (Å²) in [5, 5.41) is 0.591. The average Bonchev–Trinajstić information content (AvgIpc) is 3.07. The molecule has 4 aromatic carbocycles. The van der Waals surface area contributed by atoms with Gasteiger partial charge in [-0.05, 0) is 58.7 Å². The van der Waals surface area contributed by atoms with Gasteiger partial charge in [0.2, 0.25) is 0 Å². The number of methoxy groups -OCH3 is 1. The number of carbonyl (C=O) groups excluding carboxylic acids is 1. The molecule has 5 nitrogen and oxygen atoms in total. The highest BCUT2D eigenvalue weighted by Crippen LogP contribution is 2.49. The number of thioether (sulfide) groups is 1. The Labute approximate surface area is 265 Å². The predicted octanol–water partition coefficient (Wildman–Crippen LogP) is 8.20. The van der Waals surface area contributed by atoms with Crippen molar-refractivity contribution in [1.82, 2.24) is 0 Å². The van der Waals surface area contributed by atoms with Crippen LogP contribution in [0.15, 0.2) is 109 Å². The summed E-state index contributed by atoms with van der Waals surface area (Å²) in [6.45, 7) is 5.61. The first-order chi connectivity index (χ1) is 21.5. The molecule has 1 aliphatic rings. The Morgan fingerprint density at radius 3 is 1.95 bits per heavy atom. The molecule has 0 saturated carbocycles. The maximum absolute atomic E-state index is 11.4. The van der Waals surface area contributed by atoms with Crippen molar-refractivity contribution in [3.63, 3.8) is 0 Å². The van der Waals surface area contributed by atoms with Gasteiger partial charge in [-0.3, -0.25) is 0 Å². The summed E-state index contributed by atoms with van der Waals surface area (Å²) in [5.74, 6) is 0.588. The van der Waals surface area contributed by atoms with Crippen molar-refractivity contribution in [2.24, 2.45) is 5.92 Å². The Balaban J connectivity index is 1.37. The van der Waals surface area contributed by atoms with Crippen molar-refractivity contribution in [2.45, 2.75) is 62.6 Å². The van der Waals surface area contributed by atoms with Gasteiger partial charge in [0, 0.05) is 5.25 Å². The standard InChI is InChI=1S/C38H42O5S/c1-4-34-27(2)36(42-24-29-12-7-5-8-13-29)37(43-25-30-14-9-6-10-15-30)38(44-34)32-17-11-16-31(23-32)22-28-18-20-33(21-19-28)41-26-35(39)40-3/h5-21,23,27,34,36-38H,4,22,24-26H2,1-3H3/t27-,34-,36+,37-,38+/m1/s1. The highest BCUT2D eigenvalue weighted by molar-refractivity contribution is 8.00. The number of esters is 1. The molecule has 5 rings (SSSR count). The van der Waals surface area contributed by atoms with E-state index in [1.807, 2.05) is 48.2 Å². The van der Waals surface area contributed by atoms with Crippen molar-refractivity contribution in [3.8, 4) is 5.75 Å². The molecule has 0 aliphatic carbocycles. The molecule has 44 heavy (non-hydrogen) atoms. The van der Waals surface area contributed by atoms with E-state index in [1.54, 1.807) is 0 Å². The lowest BCUT2D eigenvalue weighted by molar-refractivity contribution is -0.142. The van der Waals surface area contributed by atoms with Gasteiger partial charge in [-0.1, -0.05) is 111 Å². The zero-order chi connectivity index (χ0) is 30.7. The van der Waals surface area contributed by atoms with Crippen LogP contribution in [0.1, 0.15) is 53.3 Å². The third kappa shape index (κ3) is 8.53. The largest absolute Gasteiger partial charge is 0.482 e. The second-order valence-corrected chi connectivity index (χ2v) is 12.7. The van der Waals surface area contributed by atoms with E-state index in [0.29, 0.717) is 30.1 Å². The van der Waals surface area contributed by atoms with Crippen molar-refractivity contribution in [1.29, 1.82) is 0 Å². The summed E-state index contributed by atoms with van der Waals surface area (Å²) in [6.07, 6.45) is 1.71. The Morgan fingerprint density at radius 2 is 1.34 bits per heavy atom. The first-order valence-electron chi connectivity index (χ1n) is 15.4. The normalized spacial score (nSPS) is 21.5. The smallest absolute Gasteiger partial charge is 0.343 e. The first-order valence-corrected chi connectivity index (χ1v) is 16.3. The van der Waals surface area contributed by atoms with Gasteiger partial charge in [-0.25, -0.2) is 4.79 Å². The van der Waals surface area contributed by atoms with Crippen LogP contribution >= 0.6 is 11.8 Å². The summed E-state index contributed by atoms with van der Waals surface area (Å²) < 4.78 is 23.8. The van der Waals surface area contributed by atoms with Crippen molar-refractivity contribution >= 4 is 17.7 Å². The zero-order valence-electron chi connectivity index (χ0n) is 25.8. The molecule has 0 bridgehead atoms. The Kier molecular flexibility index (Phi) is 11.5. The summed E-state index contributed by atoms with van der Waals surface area (Å²) >= 11 is 2.03. The SMILES string of the molecule is CC[C@H]1S[C@@H](c2cccc(Cc3ccc(OCC(=O)OC)cc3)c2)[C@H](OCc2ccccc2)[C@@H](OCc2ccccc2)[C@@H]1C. The van der Waals surface area contributed by atoms with Crippen LogP contribution in [-0.4, -0.2) is 37.1 Å². The quantitative estimate of drug-likeness (QED) is 0.142. The van der Waals surface area contributed by atoms with Gasteiger partial charge in [-0.15, -0.1) is 11.8 Å². The minimum absolute atomic E-state index is 0.0451. The molecule has 0 spiro atoms. The van der Waals surface area contributed by atoms with E-state index in [4.69, 9.17) is 14.2 Å². The monoisotopic (exact) mass is 610 g/mol. The van der Waals surface area contributed by atoms with Crippen LogP contribution < -0.4 is 4.74 Å². The molecule has 1 heterocycles. The Hall–Kier alpha value is -3.58. The van der Waals surface area contributed by atoms with Gasteiger partial charge in [0.05, 0.1) is 31.7 Å². The molecule has 1 aliphatic heterocycles. The maximum atomic E-state index is 11.4. The molecule has 0 amide bonds. The lowest BCUT2D eigenvalue weighted by Crippen LogP contribution is -2.48. The molecule has 5 atom stereocenters. The molecule has 0 unspecified atom stereocenters. The molecule has 0 N–H and O–H groups in total. The summed E-state index contributed by atoms with van der Waals surface area (Å²) in [5.41, 5.74) is 6.01. The molecule has 1 fully saturated rings. The second kappa shape index (κ2) is 15.9. The molecule has 0 aromatic heterocycles. The highest BCUT2D eigenvalue weighted by Gasteiger charge is 2.45. The van der Waals surface area contributed by atoms with Gasteiger partial charge in [0.15, 0.2) is 6.61 Å². The molecule has 230 valence electrons. The molecule has 4 aromatic rings. The third-order valence-electron chi connectivity index (χ3n) is 8.22. The van der Waals surface area contributed by atoms with Crippen molar-refractivity contribution < 1.29 is 23.7 Å². The van der Waals surface area contributed by atoms with Crippen LogP contribution in [-0.2, 0) is 38.6 Å². The van der Waals surface area contributed by atoms with Gasteiger partial charge in [-0.2, -0.15) is 0 Å². The lowest BCUT2D eigenvalue weighted by atomic mass is 9.89. The van der Waals surface area contributed by atoms with Crippen LogP contribution in [0, 0.1) is 5.92 Å². The Morgan fingerprint density at radius 1 is 0.727 bits per heavy atom. The van der Waals surface area contributed by atoms with Crippen molar-refractivity contribution in [3.05, 3.63) is 137 Å². The van der Waals surface area contributed by atoms with E-state index < -0.39 is 5.97 Å². The number of rotatable bonds is 13. The van der Waals surface area contributed by atoms with Crippen molar-refractivity contribution in [2.75, 3.05) is 13.7 Å². The minimum Gasteiger partial charge on any atom is -0.482 e. The zero-order valence-corrected chi connectivity index (χ0v) is 26.6. The van der Waals surface area contributed by atoms with Crippen LogP contribution in [0.25, 0.3) is 0 Å². The number of ether oxygens (including phenoxy) is 4. The minimum atomic E-state index is -0.398. The number of hydrogen-bond donors (Lipinski definition) is 0. The average molecular weight is 611 g/mol. The second-order valence-electron chi connectivity index (χ2n) is 11.3. The molecular weight excluding hydrogens is 568 g/mol. The summed E-state index contributed by atoms with van der Waals surface area (Å²) in [6, 6.07) is 37.6. The number of carbonyl (C=O) groups is 1. The molecular formula is C38H42O5S.